The van der Waals surface area contributed by atoms with Gasteiger partial charge >= 0.3 is 5.91 Å². The Labute approximate surface area is 169 Å². The largest absolute Gasteiger partial charge is 0.486 e. The van der Waals surface area contributed by atoms with Crippen molar-refractivity contribution < 1.29 is 27.2 Å². The SMILES string of the molecule is CS(=O)(=O)N1CCC(C(=O)NNC(=O)c2ccc(COc3ccccc3)o2)CC1. The molecule has 156 valence electrons. The summed E-state index contributed by atoms with van der Waals surface area (Å²) in [6.07, 6.45) is 1.95. The van der Waals surface area contributed by atoms with Crippen molar-refractivity contribution >= 4 is 21.8 Å². The molecule has 2 amide bonds. The maximum atomic E-state index is 12.2. The summed E-state index contributed by atoms with van der Waals surface area (Å²) in [5.74, 6) is -0.102. The van der Waals surface area contributed by atoms with E-state index in [1.807, 2.05) is 30.3 Å². The molecule has 1 aliphatic rings. The van der Waals surface area contributed by atoms with E-state index in [4.69, 9.17) is 9.15 Å². The van der Waals surface area contributed by atoms with Crippen molar-refractivity contribution in [3.05, 3.63) is 54.0 Å². The van der Waals surface area contributed by atoms with Gasteiger partial charge in [-0.2, -0.15) is 0 Å². The number of benzene rings is 1. The van der Waals surface area contributed by atoms with Gasteiger partial charge in [0.25, 0.3) is 0 Å². The lowest BCUT2D eigenvalue weighted by atomic mass is 9.98. The number of ether oxygens (including phenoxy) is 1. The van der Waals surface area contributed by atoms with Crippen LogP contribution in [0.25, 0.3) is 0 Å². The number of amides is 2. The summed E-state index contributed by atoms with van der Waals surface area (Å²) in [6, 6.07) is 12.3. The molecule has 10 heteroatoms. The first-order valence-corrected chi connectivity index (χ1v) is 11.0. The molecule has 1 aliphatic heterocycles. The van der Waals surface area contributed by atoms with Gasteiger partial charge in [0.1, 0.15) is 18.1 Å². The fraction of sp³-hybridized carbons (Fsp3) is 0.368. The fourth-order valence-corrected chi connectivity index (χ4v) is 3.85. The van der Waals surface area contributed by atoms with E-state index in [-0.39, 0.29) is 37.3 Å². The fourth-order valence-electron chi connectivity index (χ4n) is 2.98. The monoisotopic (exact) mass is 421 g/mol. The number of nitrogens with zero attached hydrogens (tertiary/aromatic N) is 1. The van der Waals surface area contributed by atoms with Gasteiger partial charge in [0.05, 0.1) is 6.26 Å². The molecule has 0 spiro atoms. The third-order valence-corrected chi connectivity index (χ3v) is 5.91. The number of carbonyl (C=O) groups is 2. The van der Waals surface area contributed by atoms with Crippen LogP contribution < -0.4 is 15.6 Å². The number of nitrogens with one attached hydrogen (secondary N) is 2. The minimum absolute atomic E-state index is 0.0452. The predicted molar refractivity (Wildman–Crippen MR) is 104 cm³/mol. The number of carbonyl (C=O) groups excluding carboxylic acids is 2. The van der Waals surface area contributed by atoms with Gasteiger partial charge in [-0.15, -0.1) is 0 Å². The number of piperidine rings is 1. The van der Waals surface area contributed by atoms with Crippen LogP contribution in [0.5, 0.6) is 5.75 Å². The standard InChI is InChI=1S/C19H23N3O6S/c1-29(25,26)22-11-9-14(10-12-22)18(23)20-21-19(24)17-8-7-16(28-17)13-27-15-5-3-2-4-6-15/h2-8,14H,9-13H2,1H3,(H,20,23)(H,21,24). The topological polar surface area (TPSA) is 118 Å². The summed E-state index contributed by atoms with van der Waals surface area (Å²) in [4.78, 5) is 24.4. The van der Waals surface area contributed by atoms with Crippen LogP contribution in [0.1, 0.15) is 29.2 Å². The smallest absolute Gasteiger partial charge is 0.305 e. The molecule has 9 nitrogen and oxygen atoms in total. The highest BCUT2D eigenvalue weighted by molar-refractivity contribution is 7.88. The highest BCUT2D eigenvalue weighted by Crippen LogP contribution is 2.19. The van der Waals surface area contributed by atoms with Crippen LogP contribution in [-0.4, -0.2) is 43.9 Å². The molecule has 0 saturated carbocycles. The molecule has 0 unspecified atom stereocenters. The van der Waals surface area contributed by atoms with E-state index in [1.165, 1.54) is 10.4 Å². The van der Waals surface area contributed by atoms with Crippen molar-refractivity contribution in [3.63, 3.8) is 0 Å². The molecule has 0 bridgehead atoms. The number of hydrogen-bond acceptors (Lipinski definition) is 6. The van der Waals surface area contributed by atoms with Gasteiger partial charge in [0.2, 0.25) is 15.9 Å². The van der Waals surface area contributed by atoms with Gasteiger partial charge in [0.15, 0.2) is 5.76 Å². The number of furan rings is 1. The molecule has 2 heterocycles. The lowest BCUT2D eigenvalue weighted by Crippen LogP contribution is -2.48. The molecule has 0 radical (unpaired) electrons. The Hall–Kier alpha value is -2.85. The highest BCUT2D eigenvalue weighted by Gasteiger charge is 2.29. The van der Waals surface area contributed by atoms with Crippen molar-refractivity contribution in [1.82, 2.24) is 15.2 Å². The van der Waals surface area contributed by atoms with Crippen LogP contribution in [0.2, 0.25) is 0 Å². The molecule has 1 saturated heterocycles. The zero-order chi connectivity index (χ0) is 20.9. The second-order valence-corrected chi connectivity index (χ2v) is 8.73. The lowest BCUT2D eigenvalue weighted by Gasteiger charge is -2.29. The Kier molecular flexibility index (Phi) is 6.55. The zero-order valence-corrected chi connectivity index (χ0v) is 16.8. The molecule has 0 aliphatic carbocycles. The van der Waals surface area contributed by atoms with Gasteiger partial charge < -0.3 is 9.15 Å². The van der Waals surface area contributed by atoms with E-state index in [9.17, 15) is 18.0 Å². The number of sulfonamides is 1. The molecule has 1 fully saturated rings. The third kappa shape index (κ3) is 5.81. The number of hydrazine groups is 1. The van der Waals surface area contributed by atoms with Crippen LogP contribution >= 0.6 is 0 Å². The number of rotatable bonds is 6. The first-order valence-electron chi connectivity index (χ1n) is 9.15. The average Bonchev–Trinajstić information content (AvgIpc) is 3.19. The molecular weight excluding hydrogens is 398 g/mol. The number of hydrogen-bond donors (Lipinski definition) is 2. The molecular formula is C19H23N3O6S. The predicted octanol–water partition coefficient (Wildman–Crippen LogP) is 1.29. The van der Waals surface area contributed by atoms with Crippen LogP contribution in [0, 0.1) is 5.92 Å². The van der Waals surface area contributed by atoms with Gasteiger partial charge in [-0.3, -0.25) is 20.4 Å². The van der Waals surface area contributed by atoms with E-state index in [2.05, 4.69) is 10.9 Å². The Balaban J connectivity index is 1.44. The van der Waals surface area contributed by atoms with Crippen LogP contribution in [0.4, 0.5) is 0 Å². The van der Waals surface area contributed by atoms with E-state index in [1.54, 1.807) is 6.07 Å². The van der Waals surface area contributed by atoms with Crippen molar-refractivity contribution in [2.24, 2.45) is 5.92 Å². The molecule has 29 heavy (non-hydrogen) atoms. The summed E-state index contributed by atoms with van der Waals surface area (Å²) < 4.78 is 35.4. The van der Waals surface area contributed by atoms with Crippen molar-refractivity contribution in [1.29, 1.82) is 0 Å². The summed E-state index contributed by atoms with van der Waals surface area (Å²) >= 11 is 0. The second-order valence-electron chi connectivity index (χ2n) is 6.75. The van der Waals surface area contributed by atoms with Gasteiger partial charge in [0, 0.05) is 19.0 Å². The molecule has 2 N–H and O–H groups in total. The van der Waals surface area contributed by atoms with E-state index < -0.39 is 15.9 Å². The van der Waals surface area contributed by atoms with Crippen molar-refractivity contribution in [2.75, 3.05) is 19.3 Å². The highest BCUT2D eigenvalue weighted by atomic mass is 32.2. The first-order chi connectivity index (χ1) is 13.8. The maximum absolute atomic E-state index is 12.2. The minimum atomic E-state index is -3.25. The van der Waals surface area contributed by atoms with E-state index >= 15 is 0 Å². The van der Waals surface area contributed by atoms with Gasteiger partial charge in [-0.05, 0) is 37.1 Å². The average molecular weight is 421 g/mol. The normalized spacial score (nSPS) is 15.6. The first kappa shape index (κ1) is 20.9. The van der Waals surface area contributed by atoms with Crippen LogP contribution in [-0.2, 0) is 21.4 Å². The Morgan fingerprint density at radius 1 is 1.10 bits per heavy atom. The Morgan fingerprint density at radius 3 is 2.45 bits per heavy atom. The second kappa shape index (κ2) is 9.10. The van der Waals surface area contributed by atoms with E-state index in [0.29, 0.717) is 24.4 Å². The molecule has 1 aromatic carbocycles. The summed E-state index contributed by atoms with van der Waals surface area (Å²) in [6.45, 7) is 0.740. The third-order valence-electron chi connectivity index (χ3n) is 4.60. The number of para-hydroxylation sites is 1. The molecule has 3 rings (SSSR count). The van der Waals surface area contributed by atoms with Crippen molar-refractivity contribution in [2.45, 2.75) is 19.4 Å². The minimum Gasteiger partial charge on any atom is -0.486 e. The summed E-state index contributed by atoms with van der Waals surface area (Å²) in [7, 11) is -3.25. The molecule has 2 aromatic rings. The molecule has 1 aromatic heterocycles. The zero-order valence-electron chi connectivity index (χ0n) is 16.0. The van der Waals surface area contributed by atoms with Crippen molar-refractivity contribution in [3.8, 4) is 5.75 Å². The maximum Gasteiger partial charge on any atom is 0.305 e. The van der Waals surface area contributed by atoms with Gasteiger partial charge in [-0.1, -0.05) is 18.2 Å². The summed E-state index contributed by atoms with van der Waals surface area (Å²) in [5.41, 5.74) is 4.69. The van der Waals surface area contributed by atoms with Gasteiger partial charge in [-0.25, -0.2) is 12.7 Å². The summed E-state index contributed by atoms with van der Waals surface area (Å²) in [5, 5.41) is 0. The van der Waals surface area contributed by atoms with E-state index in [0.717, 1.165) is 6.26 Å². The Morgan fingerprint density at radius 2 is 1.79 bits per heavy atom. The Bertz CT molecular complexity index is 949. The van der Waals surface area contributed by atoms with Crippen LogP contribution in [0.15, 0.2) is 46.9 Å². The lowest BCUT2D eigenvalue weighted by molar-refractivity contribution is -0.126. The quantitative estimate of drug-likeness (QED) is 0.679. The van der Waals surface area contributed by atoms with Crippen LogP contribution in [0.3, 0.4) is 0 Å². The molecule has 0 atom stereocenters.